The van der Waals surface area contributed by atoms with Crippen molar-refractivity contribution in [1.29, 1.82) is 0 Å². The second-order valence-electron chi connectivity index (χ2n) is 4.89. The number of carbonyl (C=O) groups excluding carboxylic acids is 1. The lowest BCUT2D eigenvalue weighted by atomic mass is 10.2. The molecule has 0 fully saturated rings. The molecular formula is C16H16FN3O5. The summed E-state index contributed by atoms with van der Waals surface area (Å²) in [4.78, 5) is 22.0. The third-order valence-corrected chi connectivity index (χ3v) is 3.27. The summed E-state index contributed by atoms with van der Waals surface area (Å²) in [5.41, 5.74) is 0.394. The summed E-state index contributed by atoms with van der Waals surface area (Å²) in [7, 11) is 2.81. The number of nitrogens with one attached hydrogen (secondary N) is 2. The van der Waals surface area contributed by atoms with Crippen LogP contribution in [0.3, 0.4) is 0 Å². The van der Waals surface area contributed by atoms with Crippen molar-refractivity contribution >= 4 is 23.0 Å². The molecule has 2 aromatic rings. The van der Waals surface area contributed by atoms with Gasteiger partial charge in [-0.3, -0.25) is 14.9 Å². The lowest BCUT2D eigenvalue weighted by molar-refractivity contribution is -0.384. The predicted octanol–water partition coefficient (Wildman–Crippen LogP) is 2.80. The van der Waals surface area contributed by atoms with E-state index in [0.29, 0.717) is 11.4 Å². The van der Waals surface area contributed by atoms with Gasteiger partial charge in [-0.05, 0) is 12.1 Å². The molecule has 25 heavy (non-hydrogen) atoms. The van der Waals surface area contributed by atoms with Crippen LogP contribution in [0.1, 0.15) is 0 Å². The highest BCUT2D eigenvalue weighted by atomic mass is 19.1. The summed E-state index contributed by atoms with van der Waals surface area (Å²) in [6, 6.07) is 7.90. The normalized spacial score (nSPS) is 10.0. The maximum absolute atomic E-state index is 14.0. The minimum absolute atomic E-state index is 0.0801. The molecule has 0 aromatic heterocycles. The smallest absolute Gasteiger partial charge is 0.269 e. The van der Waals surface area contributed by atoms with Gasteiger partial charge in [-0.15, -0.1) is 0 Å². The largest absolute Gasteiger partial charge is 0.493 e. The number of methoxy groups -OCH3 is 2. The van der Waals surface area contributed by atoms with Crippen LogP contribution in [0.5, 0.6) is 11.5 Å². The zero-order valence-electron chi connectivity index (χ0n) is 13.5. The maximum atomic E-state index is 14.0. The van der Waals surface area contributed by atoms with E-state index in [2.05, 4.69) is 10.6 Å². The first-order chi connectivity index (χ1) is 11.9. The van der Waals surface area contributed by atoms with Gasteiger partial charge in [0.25, 0.3) is 5.69 Å². The quantitative estimate of drug-likeness (QED) is 0.588. The van der Waals surface area contributed by atoms with Crippen molar-refractivity contribution in [3.63, 3.8) is 0 Å². The van der Waals surface area contributed by atoms with Gasteiger partial charge in [0.1, 0.15) is 5.82 Å². The van der Waals surface area contributed by atoms with Crippen LogP contribution in [-0.4, -0.2) is 31.6 Å². The lowest BCUT2D eigenvalue weighted by Crippen LogP contribution is -2.22. The molecule has 0 heterocycles. The Labute approximate surface area is 142 Å². The first kappa shape index (κ1) is 18.0. The summed E-state index contributed by atoms with van der Waals surface area (Å²) < 4.78 is 24.0. The second-order valence-corrected chi connectivity index (χ2v) is 4.89. The van der Waals surface area contributed by atoms with Gasteiger partial charge in [0.15, 0.2) is 11.5 Å². The Kier molecular flexibility index (Phi) is 5.72. The molecule has 0 bridgehead atoms. The van der Waals surface area contributed by atoms with Gasteiger partial charge in [-0.25, -0.2) is 4.39 Å². The number of non-ortho nitro benzene ring substituents is 1. The van der Waals surface area contributed by atoms with E-state index in [1.807, 2.05) is 0 Å². The van der Waals surface area contributed by atoms with E-state index in [0.717, 1.165) is 6.07 Å². The topological polar surface area (TPSA) is 103 Å². The molecule has 0 aliphatic rings. The molecule has 2 rings (SSSR count). The third kappa shape index (κ3) is 4.56. The minimum atomic E-state index is -0.596. The number of halogens is 1. The minimum Gasteiger partial charge on any atom is -0.493 e. The first-order valence-electron chi connectivity index (χ1n) is 7.14. The van der Waals surface area contributed by atoms with E-state index in [9.17, 15) is 19.3 Å². The molecule has 0 saturated heterocycles. The summed E-state index contributed by atoms with van der Waals surface area (Å²) >= 11 is 0. The Morgan fingerprint density at radius 3 is 2.32 bits per heavy atom. The number of ether oxygens (including phenoxy) is 2. The number of hydrogen-bond acceptors (Lipinski definition) is 6. The molecule has 0 aliphatic carbocycles. The van der Waals surface area contributed by atoms with Crippen molar-refractivity contribution in [2.24, 2.45) is 0 Å². The predicted molar refractivity (Wildman–Crippen MR) is 89.7 cm³/mol. The zero-order chi connectivity index (χ0) is 18.4. The number of amides is 1. The lowest BCUT2D eigenvalue weighted by Gasteiger charge is -2.12. The average Bonchev–Trinajstić information content (AvgIpc) is 2.60. The van der Waals surface area contributed by atoms with E-state index in [1.165, 1.54) is 44.6 Å². The Bertz CT molecular complexity index is 780. The van der Waals surface area contributed by atoms with Gasteiger partial charge >= 0.3 is 0 Å². The van der Waals surface area contributed by atoms with Crippen LogP contribution in [0.4, 0.5) is 21.5 Å². The molecule has 0 radical (unpaired) electrons. The summed E-state index contributed by atoms with van der Waals surface area (Å²) in [6.07, 6.45) is 0. The van der Waals surface area contributed by atoms with Crippen LogP contribution in [0, 0.1) is 15.9 Å². The Balaban J connectivity index is 1.99. The number of anilines is 2. The molecule has 0 atom stereocenters. The standard InChI is InChI=1S/C16H16FN3O5/c1-24-14-7-12(17)13(8-15(14)25-2)18-9-16(21)19-10-3-5-11(6-4-10)20(22)23/h3-8,18H,9H2,1-2H3,(H,19,21). The fourth-order valence-corrected chi connectivity index (χ4v) is 2.04. The molecular weight excluding hydrogens is 333 g/mol. The van der Waals surface area contributed by atoms with Crippen molar-refractivity contribution in [3.05, 3.63) is 52.3 Å². The summed E-state index contributed by atoms with van der Waals surface area (Å²) in [5.74, 6) is -0.480. The SMILES string of the molecule is COc1cc(F)c(NCC(=O)Nc2ccc([N+](=O)[O-])cc2)cc1OC. The highest BCUT2D eigenvalue weighted by Crippen LogP contribution is 2.32. The fraction of sp³-hybridized carbons (Fsp3) is 0.188. The van der Waals surface area contributed by atoms with Crippen LogP contribution < -0.4 is 20.1 Å². The maximum Gasteiger partial charge on any atom is 0.269 e. The second kappa shape index (κ2) is 7.95. The number of nitro benzene ring substituents is 1. The number of hydrogen-bond donors (Lipinski definition) is 2. The van der Waals surface area contributed by atoms with Gasteiger partial charge in [-0.2, -0.15) is 0 Å². The van der Waals surface area contributed by atoms with Gasteiger partial charge in [0.05, 0.1) is 31.4 Å². The molecule has 132 valence electrons. The van der Waals surface area contributed by atoms with Crippen LogP contribution in [0.15, 0.2) is 36.4 Å². The zero-order valence-corrected chi connectivity index (χ0v) is 13.5. The number of nitro groups is 1. The van der Waals surface area contributed by atoms with Gasteiger partial charge in [-0.1, -0.05) is 0 Å². The van der Waals surface area contributed by atoms with Gasteiger partial charge in [0, 0.05) is 30.0 Å². The number of carbonyl (C=O) groups is 1. The van der Waals surface area contributed by atoms with Crippen LogP contribution in [0.2, 0.25) is 0 Å². The Morgan fingerprint density at radius 1 is 1.16 bits per heavy atom. The average molecular weight is 349 g/mol. The molecule has 8 nitrogen and oxygen atoms in total. The first-order valence-corrected chi connectivity index (χ1v) is 7.14. The van der Waals surface area contributed by atoms with Crippen LogP contribution in [0.25, 0.3) is 0 Å². The van der Waals surface area contributed by atoms with Crippen LogP contribution in [-0.2, 0) is 4.79 Å². The number of rotatable bonds is 7. The molecule has 0 saturated carbocycles. The van der Waals surface area contributed by atoms with E-state index in [1.54, 1.807) is 0 Å². The van der Waals surface area contributed by atoms with E-state index < -0.39 is 16.6 Å². The summed E-state index contributed by atoms with van der Waals surface area (Å²) in [5, 5.41) is 15.8. The van der Waals surface area contributed by atoms with Gasteiger partial charge < -0.3 is 20.1 Å². The molecule has 0 aliphatic heterocycles. The Hall–Kier alpha value is -3.36. The van der Waals surface area contributed by atoms with E-state index in [-0.39, 0.29) is 23.7 Å². The van der Waals surface area contributed by atoms with E-state index in [4.69, 9.17) is 9.47 Å². The van der Waals surface area contributed by atoms with Crippen molar-refractivity contribution in [2.45, 2.75) is 0 Å². The van der Waals surface area contributed by atoms with Crippen molar-refractivity contribution in [1.82, 2.24) is 0 Å². The van der Waals surface area contributed by atoms with Crippen molar-refractivity contribution in [3.8, 4) is 11.5 Å². The fourth-order valence-electron chi connectivity index (χ4n) is 2.04. The monoisotopic (exact) mass is 349 g/mol. The number of nitrogens with zero attached hydrogens (tertiary/aromatic N) is 1. The van der Waals surface area contributed by atoms with Crippen molar-refractivity contribution in [2.75, 3.05) is 31.4 Å². The molecule has 9 heteroatoms. The number of benzene rings is 2. The summed E-state index contributed by atoms with van der Waals surface area (Å²) in [6.45, 7) is -0.205. The highest BCUT2D eigenvalue weighted by Gasteiger charge is 2.12. The molecule has 0 unspecified atom stereocenters. The molecule has 1 amide bonds. The van der Waals surface area contributed by atoms with E-state index >= 15 is 0 Å². The Morgan fingerprint density at radius 2 is 1.76 bits per heavy atom. The molecule has 2 aromatic carbocycles. The molecule has 2 N–H and O–H groups in total. The highest BCUT2D eigenvalue weighted by molar-refractivity contribution is 5.93. The van der Waals surface area contributed by atoms with Crippen LogP contribution >= 0.6 is 0 Å². The molecule has 0 spiro atoms. The third-order valence-electron chi connectivity index (χ3n) is 3.27. The van der Waals surface area contributed by atoms with Gasteiger partial charge in [0.2, 0.25) is 5.91 Å². The van der Waals surface area contributed by atoms with Crippen molar-refractivity contribution < 1.29 is 23.6 Å².